The Balaban J connectivity index is 1.54. The molecule has 0 bridgehead atoms. The third-order valence-corrected chi connectivity index (χ3v) is 3.56. The first-order valence-electron chi connectivity index (χ1n) is 6.88. The van der Waals surface area contributed by atoms with Crippen molar-refractivity contribution in [1.29, 1.82) is 5.26 Å². The Kier molecular flexibility index (Phi) is 3.79. The second kappa shape index (κ2) is 5.89. The molecule has 1 aliphatic rings. The number of aromatic nitrogens is 4. The summed E-state index contributed by atoms with van der Waals surface area (Å²) in [6.07, 6.45) is 3.51. The molecule has 0 unspecified atom stereocenters. The highest BCUT2D eigenvalue weighted by Gasteiger charge is 2.28. The molecule has 1 fully saturated rings. The van der Waals surface area contributed by atoms with Crippen molar-refractivity contribution in [3.8, 4) is 6.07 Å². The van der Waals surface area contributed by atoms with Gasteiger partial charge in [0.2, 0.25) is 0 Å². The van der Waals surface area contributed by atoms with Crippen molar-refractivity contribution < 1.29 is 4.74 Å². The Morgan fingerprint density at radius 2 is 2.38 bits per heavy atom. The van der Waals surface area contributed by atoms with E-state index in [-0.39, 0.29) is 12.2 Å². The van der Waals surface area contributed by atoms with E-state index in [4.69, 9.17) is 10.00 Å². The molecule has 3 rings (SSSR count). The highest BCUT2D eigenvalue weighted by atomic mass is 16.5. The minimum atomic E-state index is -0.00467. The number of anilines is 1. The zero-order valence-electron chi connectivity index (χ0n) is 11.7. The predicted octanol–water partition coefficient (Wildman–Crippen LogP) is 1.71. The maximum Gasteiger partial charge on any atom is 0.153 e. The molecule has 1 saturated heterocycles. The number of aryl methyl sites for hydroxylation is 1. The number of nitriles is 1. The second-order valence-corrected chi connectivity index (χ2v) is 5.02. The van der Waals surface area contributed by atoms with E-state index in [2.05, 4.69) is 31.6 Å². The number of hydrogen-bond donors (Lipinski definition) is 2. The molecule has 7 nitrogen and oxygen atoms in total. The van der Waals surface area contributed by atoms with Crippen LogP contribution in [-0.4, -0.2) is 32.8 Å². The van der Waals surface area contributed by atoms with Crippen molar-refractivity contribution in [2.45, 2.75) is 32.0 Å². The van der Waals surface area contributed by atoms with Crippen LogP contribution in [-0.2, 0) is 4.74 Å². The van der Waals surface area contributed by atoms with Crippen LogP contribution in [0.3, 0.4) is 0 Å². The van der Waals surface area contributed by atoms with Crippen LogP contribution in [0.5, 0.6) is 0 Å². The van der Waals surface area contributed by atoms with E-state index >= 15 is 0 Å². The van der Waals surface area contributed by atoms with Crippen LogP contribution in [0.2, 0.25) is 0 Å². The lowest BCUT2D eigenvalue weighted by Gasteiger charge is -2.13. The lowest BCUT2D eigenvalue weighted by molar-refractivity contribution is 0.0472. The minimum absolute atomic E-state index is 0.00467. The minimum Gasteiger partial charge on any atom is -0.367 e. The molecular formula is C14H16N6O. The van der Waals surface area contributed by atoms with Crippen molar-refractivity contribution in [1.82, 2.24) is 20.2 Å². The average molecular weight is 284 g/mol. The Hall–Kier alpha value is -2.46. The topological polar surface area (TPSA) is 99.5 Å². The van der Waals surface area contributed by atoms with Gasteiger partial charge in [-0.15, -0.1) is 0 Å². The standard InChI is InChI=1S/C14H16N6O/c1-9-10(6-15)2-5-13(19-9)16-7-11-3-4-12(21-11)14-17-8-18-20-14/h2,5,8,11-12H,3-4,7H2,1H3,(H,16,19)(H,17,18,20)/t11-,12+/m1/s1. The van der Waals surface area contributed by atoms with E-state index in [9.17, 15) is 0 Å². The van der Waals surface area contributed by atoms with Gasteiger partial charge in [-0.25, -0.2) is 9.97 Å². The van der Waals surface area contributed by atoms with Crippen molar-refractivity contribution in [3.05, 3.63) is 35.5 Å². The number of ether oxygens (including phenoxy) is 1. The zero-order chi connectivity index (χ0) is 14.7. The van der Waals surface area contributed by atoms with Gasteiger partial charge in [-0.1, -0.05) is 0 Å². The molecule has 1 aliphatic heterocycles. The van der Waals surface area contributed by atoms with Crippen LogP contribution in [0.15, 0.2) is 18.5 Å². The molecule has 21 heavy (non-hydrogen) atoms. The number of aromatic amines is 1. The number of pyridine rings is 1. The Labute approximate surface area is 122 Å². The van der Waals surface area contributed by atoms with E-state index in [0.29, 0.717) is 12.1 Å². The molecule has 3 heterocycles. The molecular weight excluding hydrogens is 268 g/mol. The molecule has 0 spiro atoms. The highest BCUT2D eigenvalue weighted by molar-refractivity contribution is 5.43. The molecule has 2 aromatic rings. The van der Waals surface area contributed by atoms with Gasteiger partial charge in [-0.2, -0.15) is 10.4 Å². The molecule has 2 N–H and O–H groups in total. The molecule has 2 aromatic heterocycles. The Morgan fingerprint density at radius 1 is 1.48 bits per heavy atom. The van der Waals surface area contributed by atoms with Gasteiger partial charge in [0.05, 0.1) is 17.4 Å². The third-order valence-electron chi connectivity index (χ3n) is 3.56. The van der Waals surface area contributed by atoms with Gasteiger partial charge in [0, 0.05) is 6.54 Å². The van der Waals surface area contributed by atoms with Crippen LogP contribution in [0, 0.1) is 18.3 Å². The normalized spacial score (nSPS) is 21.1. The highest BCUT2D eigenvalue weighted by Crippen LogP contribution is 2.30. The van der Waals surface area contributed by atoms with Gasteiger partial charge in [-0.05, 0) is 31.9 Å². The number of hydrogen-bond acceptors (Lipinski definition) is 6. The maximum atomic E-state index is 8.89. The summed E-state index contributed by atoms with van der Waals surface area (Å²) in [6, 6.07) is 5.70. The molecule has 2 atom stereocenters. The fourth-order valence-electron chi connectivity index (χ4n) is 2.42. The summed E-state index contributed by atoms with van der Waals surface area (Å²) >= 11 is 0. The van der Waals surface area contributed by atoms with Crippen molar-refractivity contribution >= 4 is 5.82 Å². The lowest BCUT2D eigenvalue weighted by atomic mass is 10.2. The van der Waals surface area contributed by atoms with Crippen LogP contribution in [0.1, 0.15) is 36.0 Å². The molecule has 7 heteroatoms. The SMILES string of the molecule is Cc1nc(NC[C@H]2CC[C@@H](c3ncn[nH]3)O2)ccc1C#N. The molecule has 0 aliphatic carbocycles. The van der Waals surface area contributed by atoms with Crippen LogP contribution >= 0.6 is 0 Å². The third kappa shape index (κ3) is 3.01. The van der Waals surface area contributed by atoms with Crippen LogP contribution < -0.4 is 5.32 Å². The zero-order valence-corrected chi connectivity index (χ0v) is 11.7. The van der Waals surface area contributed by atoms with Gasteiger partial charge in [-0.3, -0.25) is 5.10 Å². The Bertz CT molecular complexity index is 648. The summed E-state index contributed by atoms with van der Waals surface area (Å²) in [5.74, 6) is 1.54. The monoisotopic (exact) mass is 284 g/mol. The number of nitrogens with zero attached hydrogens (tertiary/aromatic N) is 4. The first-order chi connectivity index (χ1) is 10.3. The van der Waals surface area contributed by atoms with E-state index in [0.717, 1.165) is 30.2 Å². The fraction of sp³-hybridized carbons (Fsp3) is 0.429. The number of rotatable bonds is 4. The van der Waals surface area contributed by atoms with Gasteiger partial charge in [0.25, 0.3) is 0 Å². The van der Waals surface area contributed by atoms with Gasteiger partial charge >= 0.3 is 0 Å². The van der Waals surface area contributed by atoms with Crippen LogP contribution in [0.4, 0.5) is 5.82 Å². The summed E-state index contributed by atoms with van der Waals surface area (Å²) in [5.41, 5.74) is 1.33. The second-order valence-electron chi connectivity index (χ2n) is 5.02. The molecule has 0 amide bonds. The van der Waals surface area contributed by atoms with E-state index in [1.807, 2.05) is 13.0 Å². The molecule has 0 aromatic carbocycles. The number of H-pyrrole nitrogens is 1. The average Bonchev–Trinajstić information content (AvgIpc) is 3.16. The molecule has 0 radical (unpaired) electrons. The Morgan fingerprint density at radius 3 is 3.10 bits per heavy atom. The summed E-state index contributed by atoms with van der Waals surface area (Å²) in [7, 11) is 0. The first-order valence-corrected chi connectivity index (χ1v) is 6.88. The lowest BCUT2D eigenvalue weighted by Crippen LogP contribution is -2.19. The van der Waals surface area contributed by atoms with E-state index in [1.165, 1.54) is 6.33 Å². The van der Waals surface area contributed by atoms with Crippen molar-refractivity contribution in [2.24, 2.45) is 0 Å². The largest absolute Gasteiger partial charge is 0.367 e. The van der Waals surface area contributed by atoms with Crippen molar-refractivity contribution in [3.63, 3.8) is 0 Å². The maximum absolute atomic E-state index is 8.89. The smallest absolute Gasteiger partial charge is 0.153 e. The van der Waals surface area contributed by atoms with Gasteiger partial charge in [0.1, 0.15) is 24.3 Å². The number of nitrogens with one attached hydrogen (secondary N) is 2. The fourth-order valence-corrected chi connectivity index (χ4v) is 2.42. The summed E-state index contributed by atoms with van der Waals surface area (Å²) in [6.45, 7) is 2.51. The van der Waals surface area contributed by atoms with Crippen molar-refractivity contribution in [2.75, 3.05) is 11.9 Å². The van der Waals surface area contributed by atoms with Gasteiger partial charge < -0.3 is 10.1 Å². The molecule has 0 saturated carbocycles. The molecule has 108 valence electrons. The quantitative estimate of drug-likeness (QED) is 0.886. The summed E-state index contributed by atoms with van der Waals surface area (Å²) in [4.78, 5) is 8.48. The summed E-state index contributed by atoms with van der Waals surface area (Å²) < 4.78 is 5.93. The van der Waals surface area contributed by atoms with E-state index < -0.39 is 0 Å². The van der Waals surface area contributed by atoms with Gasteiger partial charge in [0.15, 0.2) is 5.82 Å². The van der Waals surface area contributed by atoms with E-state index in [1.54, 1.807) is 6.07 Å². The van der Waals surface area contributed by atoms with Crippen LogP contribution in [0.25, 0.3) is 0 Å². The first kappa shape index (κ1) is 13.5. The summed E-state index contributed by atoms with van der Waals surface area (Å²) in [5, 5.41) is 18.8. The predicted molar refractivity (Wildman–Crippen MR) is 75.4 cm³/mol.